The Bertz CT molecular complexity index is 194. The predicted octanol–water partition coefficient (Wildman–Crippen LogP) is 3.25. The van der Waals surface area contributed by atoms with E-state index in [0.717, 1.165) is 4.60 Å². The molecule has 0 aliphatic heterocycles. The van der Waals surface area contributed by atoms with E-state index in [1.54, 1.807) is 0 Å². The monoisotopic (exact) mass is 218 g/mol. The largest absolute Gasteiger partial charge is 0.269 e. The van der Waals surface area contributed by atoms with Gasteiger partial charge in [0.2, 0.25) is 0 Å². The maximum absolute atomic E-state index is 4.14. The lowest BCUT2D eigenvalue weighted by molar-refractivity contribution is 0.530. The summed E-state index contributed by atoms with van der Waals surface area (Å²) in [5.74, 6) is 0. The van der Waals surface area contributed by atoms with Crippen molar-refractivity contribution in [3.05, 3.63) is 16.9 Å². The van der Waals surface area contributed by atoms with Crippen molar-refractivity contribution < 1.29 is 0 Å². The average molecular weight is 219 g/mol. The standard InChI is InChI=1S/C6H9BrN2.C2H6/c1-5(2)9-4-3-6(7)8-9;1-2/h3-5H,1-2H3;1-2H3. The van der Waals surface area contributed by atoms with Gasteiger partial charge in [0.05, 0.1) is 0 Å². The van der Waals surface area contributed by atoms with Crippen LogP contribution in [0.5, 0.6) is 0 Å². The van der Waals surface area contributed by atoms with Crippen LogP contribution in [0, 0.1) is 0 Å². The second-order valence-electron chi connectivity index (χ2n) is 2.21. The van der Waals surface area contributed by atoms with Crippen molar-refractivity contribution >= 4 is 15.9 Å². The van der Waals surface area contributed by atoms with E-state index in [0.29, 0.717) is 6.04 Å². The van der Waals surface area contributed by atoms with Gasteiger partial charge in [-0.3, -0.25) is 4.68 Å². The van der Waals surface area contributed by atoms with Crippen LogP contribution in [0.25, 0.3) is 0 Å². The van der Waals surface area contributed by atoms with Crippen LogP contribution in [0.15, 0.2) is 16.9 Å². The van der Waals surface area contributed by atoms with Gasteiger partial charge in [-0.15, -0.1) is 0 Å². The van der Waals surface area contributed by atoms with Gasteiger partial charge in [-0.2, -0.15) is 5.10 Å². The second kappa shape index (κ2) is 5.35. The molecule has 0 bridgehead atoms. The van der Waals surface area contributed by atoms with E-state index in [2.05, 4.69) is 34.9 Å². The summed E-state index contributed by atoms with van der Waals surface area (Å²) in [6.07, 6.45) is 1.95. The highest BCUT2D eigenvalue weighted by Gasteiger charge is 1.96. The molecule has 0 N–H and O–H groups in total. The molecule has 1 rings (SSSR count). The first-order chi connectivity index (χ1) is 5.20. The van der Waals surface area contributed by atoms with Gasteiger partial charge in [0, 0.05) is 12.2 Å². The van der Waals surface area contributed by atoms with E-state index >= 15 is 0 Å². The summed E-state index contributed by atoms with van der Waals surface area (Å²) in [6, 6.07) is 2.39. The first-order valence-electron chi connectivity index (χ1n) is 3.91. The van der Waals surface area contributed by atoms with Gasteiger partial charge in [0.15, 0.2) is 0 Å². The number of hydrogen-bond donors (Lipinski definition) is 0. The summed E-state index contributed by atoms with van der Waals surface area (Å²) >= 11 is 3.27. The van der Waals surface area contributed by atoms with Gasteiger partial charge < -0.3 is 0 Å². The lowest BCUT2D eigenvalue weighted by Gasteiger charge is -2.02. The zero-order valence-corrected chi connectivity index (χ0v) is 9.09. The van der Waals surface area contributed by atoms with E-state index < -0.39 is 0 Å². The molecule has 1 aromatic heterocycles. The molecule has 0 aliphatic carbocycles. The fourth-order valence-corrected chi connectivity index (χ4v) is 0.904. The molecule has 3 heteroatoms. The molecule has 11 heavy (non-hydrogen) atoms. The van der Waals surface area contributed by atoms with Crippen molar-refractivity contribution in [3.63, 3.8) is 0 Å². The van der Waals surface area contributed by atoms with E-state index in [9.17, 15) is 0 Å². The molecule has 2 nitrogen and oxygen atoms in total. The normalized spacial score (nSPS) is 9.27. The molecule has 0 fully saturated rings. The molecule has 0 saturated carbocycles. The Hall–Kier alpha value is -0.310. The second-order valence-corrected chi connectivity index (χ2v) is 3.02. The first-order valence-corrected chi connectivity index (χ1v) is 4.70. The Balaban J connectivity index is 0.000000461. The van der Waals surface area contributed by atoms with Crippen LogP contribution in [0.2, 0.25) is 0 Å². The van der Waals surface area contributed by atoms with Gasteiger partial charge in [0.25, 0.3) is 0 Å². The fraction of sp³-hybridized carbons (Fsp3) is 0.625. The fourth-order valence-electron chi connectivity index (χ4n) is 0.602. The van der Waals surface area contributed by atoms with Crippen molar-refractivity contribution in [2.45, 2.75) is 33.7 Å². The third-order valence-electron chi connectivity index (χ3n) is 1.10. The Kier molecular flexibility index (Phi) is 5.20. The van der Waals surface area contributed by atoms with Gasteiger partial charge in [-0.05, 0) is 35.8 Å². The maximum Gasteiger partial charge on any atom is 0.128 e. The highest BCUT2D eigenvalue weighted by Crippen LogP contribution is 2.08. The van der Waals surface area contributed by atoms with E-state index in [1.165, 1.54) is 0 Å². The molecule has 1 heterocycles. The number of nitrogens with zero attached hydrogens (tertiary/aromatic N) is 2. The molecule has 0 radical (unpaired) electrons. The minimum atomic E-state index is 0.455. The minimum absolute atomic E-state index is 0.455. The molecule has 0 saturated heterocycles. The zero-order valence-electron chi connectivity index (χ0n) is 7.50. The van der Waals surface area contributed by atoms with Crippen molar-refractivity contribution in [1.29, 1.82) is 0 Å². The Morgan fingerprint density at radius 1 is 1.45 bits per heavy atom. The van der Waals surface area contributed by atoms with Crippen LogP contribution in [-0.4, -0.2) is 9.78 Å². The van der Waals surface area contributed by atoms with Gasteiger partial charge >= 0.3 is 0 Å². The Morgan fingerprint density at radius 3 is 2.18 bits per heavy atom. The Morgan fingerprint density at radius 2 is 2.00 bits per heavy atom. The molecular formula is C8H15BrN2. The van der Waals surface area contributed by atoms with Crippen LogP contribution >= 0.6 is 15.9 Å². The number of aromatic nitrogens is 2. The number of rotatable bonds is 1. The summed E-state index contributed by atoms with van der Waals surface area (Å²) in [5.41, 5.74) is 0. The summed E-state index contributed by atoms with van der Waals surface area (Å²) in [4.78, 5) is 0. The summed E-state index contributed by atoms with van der Waals surface area (Å²) in [6.45, 7) is 8.19. The summed E-state index contributed by atoms with van der Waals surface area (Å²) in [7, 11) is 0. The molecular weight excluding hydrogens is 204 g/mol. The van der Waals surface area contributed by atoms with Gasteiger partial charge in [-0.25, -0.2) is 0 Å². The van der Waals surface area contributed by atoms with E-state index in [-0.39, 0.29) is 0 Å². The lowest BCUT2D eigenvalue weighted by Crippen LogP contribution is -1.99. The molecule has 0 aliphatic rings. The van der Waals surface area contributed by atoms with Gasteiger partial charge in [0.1, 0.15) is 4.60 Å². The van der Waals surface area contributed by atoms with Crippen molar-refractivity contribution in [2.75, 3.05) is 0 Å². The summed E-state index contributed by atoms with van der Waals surface area (Å²) < 4.78 is 2.81. The molecule has 0 aromatic carbocycles. The van der Waals surface area contributed by atoms with E-state index in [1.807, 2.05) is 30.8 Å². The Labute approximate surface area is 76.7 Å². The zero-order chi connectivity index (χ0) is 8.85. The highest BCUT2D eigenvalue weighted by molar-refractivity contribution is 9.10. The molecule has 0 amide bonds. The minimum Gasteiger partial charge on any atom is -0.269 e. The summed E-state index contributed by atoms with van der Waals surface area (Å²) in [5, 5.41) is 4.14. The highest BCUT2D eigenvalue weighted by atomic mass is 79.9. The molecule has 0 spiro atoms. The van der Waals surface area contributed by atoms with Crippen LogP contribution in [-0.2, 0) is 0 Å². The van der Waals surface area contributed by atoms with Gasteiger partial charge in [-0.1, -0.05) is 13.8 Å². The predicted molar refractivity (Wildman–Crippen MR) is 51.7 cm³/mol. The lowest BCUT2D eigenvalue weighted by atomic mass is 10.4. The number of halogens is 1. The van der Waals surface area contributed by atoms with Crippen LogP contribution in [0.4, 0.5) is 0 Å². The number of hydrogen-bond acceptors (Lipinski definition) is 1. The maximum atomic E-state index is 4.14. The van der Waals surface area contributed by atoms with Crippen molar-refractivity contribution in [2.24, 2.45) is 0 Å². The third kappa shape index (κ3) is 3.56. The molecule has 0 atom stereocenters. The van der Waals surface area contributed by atoms with Crippen LogP contribution in [0.3, 0.4) is 0 Å². The molecule has 0 unspecified atom stereocenters. The third-order valence-corrected chi connectivity index (χ3v) is 1.53. The van der Waals surface area contributed by atoms with Crippen molar-refractivity contribution in [1.82, 2.24) is 9.78 Å². The van der Waals surface area contributed by atoms with Crippen molar-refractivity contribution in [3.8, 4) is 0 Å². The SMILES string of the molecule is CC.CC(C)n1ccc(Br)n1. The van der Waals surface area contributed by atoms with E-state index in [4.69, 9.17) is 0 Å². The smallest absolute Gasteiger partial charge is 0.128 e. The average Bonchev–Trinajstić information content (AvgIpc) is 2.40. The molecule has 1 aromatic rings. The topological polar surface area (TPSA) is 17.8 Å². The van der Waals surface area contributed by atoms with Crippen LogP contribution in [0.1, 0.15) is 33.7 Å². The van der Waals surface area contributed by atoms with Crippen LogP contribution < -0.4 is 0 Å². The first kappa shape index (κ1) is 10.7. The quantitative estimate of drug-likeness (QED) is 0.708. The molecule has 64 valence electrons.